The lowest BCUT2D eigenvalue weighted by molar-refractivity contribution is -0.154. The minimum absolute atomic E-state index is 0.229. The van der Waals surface area contributed by atoms with E-state index in [0.29, 0.717) is 12.0 Å². The number of rotatable bonds is 4. The number of hydrogen-bond acceptors (Lipinski definition) is 6. The lowest BCUT2D eigenvalue weighted by Gasteiger charge is -2.27. The summed E-state index contributed by atoms with van der Waals surface area (Å²) in [6.45, 7) is 9.60. The van der Waals surface area contributed by atoms with Gasteiger partial charge in [0.25, 0.3) is 0 Å². The Kier molecular flexibility index (Phi) is 5.53. The summed E-state index contributed by atoms with van der Waals surface area (Å²) in [6, 6.07) is 0. The van der Waals surface area contributed by atoms with Crippen LogP contribution in [0.4, 0.5) is 0 Å². The van der Waals surface area contributed by atoms with E-state index in [1.54, 1.807) is 6.08 Å². The molecule has 5 atom stereocenters. The van der Waals surface area contributed by atoms with Gasteiger partial charge in [0.1, 0.15) is 18.3 Å². The zero-order valence-electron chi connectivity index (χ0n) is 16.0. The van der Waals surface area contributed by atoms with Crippen molar-refractivity contribution in [1.29, 1.82) is 0 Å². The van der Waals surface area contributed by atoms with Gasteiger partial charge in [0, 0.05) is 24.0 Å². The molecular weight excluding hydrogens is 348 g/mol. The molecular formula is C21H26O6. The maximum absolute atomic E-state index is 12.5. The van der Waals surface area contributed by atoms with E-state index in [4.69, 9.17) is 14.2 Å². The maximum atomic E-state index is 12.5. The van der Waals surface area contributed by atoms with Crippen LogP contribution >= 0.6 is 0 Å². The monoisotopic (exact) mass is 374 g/mol. The smallest absolute Gasteiger partial charge is 0.334 e. The zero-order chi connectivity index (χ0) is 19.7. The van der Waals surface area contributed by atoms with Crippen LogP contribution in [0.15, 0.2) is 35.5 Å². The van der Waals surface area contributed by atoms with Gasteiger partial charge in [-0.25, -0.2) is 9.59 Å². The molecule has 6 nitrogen and oxygen atoms in total. The molecule has 0 radical (unpaired) electrons. The van der Waals surface area contributed by atoms with Crippen LogP contribution in [0.1, 0.15) is 46.5 Å². The minimum Gasteiger partial charge on any atom is -0.458 e. The second kappa shape index (κ2) is 7.71. The standard InChI is InChI=1S/C21H26O6/c1-5-6-12(3)19(22)26-16-8-11(2)7-15-9-14(21(24)25-15)10-17-18(16)13(4)20(23)27-17/h8-9,12,15-18H,4-7,10H2,1-3H3/b11-8+/t12?,15-,16?,17?,18+/m1/s1. The maximum Gasteiger partial charge on any atom is 0.334 e. The molecule has 3 unspecified atom stereocenters. The summed E-state index contributed by atoms with van der Waals surface area (Å²) in [5, 5.41) is 0. The van der Waals surface area contributed by atoms with E-state index in [1.165, 1.54) is 0 Å². The molecule has 0 aromatic carbocycles. The van der Waals surface area contributed by atoms with Crippen molar-refractivity contribution < 1.29 is 28.6 Å². The molecule has 1 aliphatic carbocycles. The Balaban J connectivity index is 1.92. The van der Waals surface area contributed by atoms with Crippen LogP contribution in [0.2, 0.25) is 0 Å². The van der Waals surface area contributed by atoms with Gasteiger partial charge in [-0.2, -0.15) is 0 Å². The van der Waals surface area contributed by atoms with Crippen LogP contribution in [-0.4, -0.2) is 36.2 Å². The second-order valence-corrected chi connectivity index (χ2v) is 7.64. The molecule has 2 heterocycles. The number of fused-ring (bicyclic) bond motifs is 2. The first kappa shape index (κ1) is 19.4. The SMILES string of the molecule is C=C1C(=O)OC2CC3=C[C@@H](C/C(C)=C/C(OC(=O)C(C)CCC)[C@H]12)OC3=O. The van der Waals surface area contributed by atoms with E-state index in [2.05, 4.69) is 6.58 Å². The van der Waals surface area contributed by atoms with Gasteiger partial charge < -0.3 is 14.2 Å². The van der Waals surface area contributed by atoms with E-state index in [9.17, 15) is 14.4 Å². The highest BCUT2D eigenvalue weighted by Crippen LogP contribution is 2.38. The van der Waals surface area contributed by atoms with Crippen LogP contribution in [0.25, 0.3) is 0 Å². The molecule has 0 spiro atoms. The van der Waals surface area contributed by atoms with Gasteiger partial charge >= 0.3 is 17.9 Å². The normalized spacial score (nSPS) is 33.2. The Morgan fingerprint density at radius 1 is 1.26 bits per heavy atom. The van der Waals surface area contributed by atoms with Crippen LogP contribution in [-0.2, 0) is 28.6 Å². The van der Waals surface area contributed by atoms with E-state index in [-0.39, 0.29) is 36.0 Å². The van der Waals surface area contributed by atoms with Crippen molar-refractivity contribution in [2.45, 2.75) is 64.8 Å². The van der Waals surface area contributed by atoms with Gasteiger partial charge in [0.2, 0.25) is 0 Å². The van der Waals surface area contributed by atoms with E-state index in [1.807, 2.05) is 26.8 Å². The molecule has 6 heteroatoms. The summed E-state index contributed by atoms with van der Waals surface area (Å²) in [5.41, 5.74) is 1.68. The molecule has 1 saturated heterocycles. The molecule has 0 saturated carbocycles. The number of esters is 3. The summed E-state index contributed by atoms with van der Waals surface area (Å²) in [4.78, 5) is 36.8. The molecule has 146 valence electrons. The highest BCUT2D eigenvalue weighted by molar-refractivity contribution is 5.93. The van der Waals surface area contributed by atoms with E-state index in [0.717, 1.165) is 18.4 Å². The predicted molar refractivity (Wildman–Crippen MR) is 97.4 cm³/mol. The van der Waals surface area contributed by atoms with Gasteiger partial charge in [-0.3, -0.25) is 4.79 Å². The van der Waals surface area contributed by atoms with Crippen molar-refractivity contribution in [3.05, 3.63) is 35.5 Å². The highest BCUT2D eigenvalue weighted by atomic mass is 16.6. The molecule has 3 rings (SSSR count). The third-order valence-corrected chi connectivity index (χ3v) is 5.35. The van der Waals surface area contributed by atoms with Crippen LogP contribution in [0, 0.1) is 11.8 Å². The molecule has 0 amide bonds. The van der Waals surface area contributed by atoms with Gasteiger partial charge in [0.15, 0.2) is 0 Å². The third kappa shape index (κ3) is 3.99. The summed E-state index contributed by atoms with van der Waals surface area (Å²) in [6.07, 6.45) is 4.39. The van der Waals surface area contributed by atoms with Gasteiger partial charge in [-0.1, -0.05) is 32.4 Å². The first-order chi connectivity index (χ1) is 12.8. The predicted octanol–water partition coefficient (Wildman–Crippen LogP) is 3.02. The van der Waals surface area contributed by atoms with E-state index < -0.39 is 24.1 Å². The number of ether oxygens (including phenoxy) is 3. The minimum atomic E-state index is -0.658. The Hall–Kier alpha value is -2.37. The van der Waals surface area contributed by atoms with Crippen molar-refractivity contribution in [3.8, 4) is 0 Å². The Labute approximate surface area is 159 Å². The van der Waals surface area contributed by atoms with Gasteiger partial charge in [-0.05, 0) is 25.5 Å². The summed E-state index contributed by atoms with van der Waals surface area (Å²) < 4.78 is 16.6. The largest absolute Gasteiger partial charge is 0.458 e. The molecule has 2 bridgehead atoms. The fraction of sp³-hybridized carbons (Fsp3) is 0.571. The molecule has 0 aromatic rings. The van der Waals surface area contributed by atoms with Crippen LogP contribution in [0.3, 0.4) is 0 Å². The average Bonchev–Trinajstić information content (AvgIpc) is 3.06. The molecule has 1 fully saturated rings. The molecule has 3 aliphatic rings. The Morgan fingerprint density at radius 3 is 2.70 bits per heavy atom. The third-order valence-electron chi connectivity index (χ3n) is 5.35. The molecule has 0 aromatic heterocycles. The summed E-state index contributed by atoms with van der Waals surface area (Å²) in [7, 11) is 0. The second-order valence-electron chi connectivity index (χ2n) is 7.64. The van der Waals surface area contributed by atoms with Crippen LogP contribution in [0.5, 0.6) is 0 Å². The quantitative estimate of drug-likeness (QED) is 0.326. The number of hydrogen-bond donors (Lipinski definition) is 0. The van der Waals surface area contributed by atoms with Crippen molar-refractivity contribution >= 4 is 17.9 Å². The summed E-state index contributed by atoms with van der Waals surface area (Å²) >= 11 is 0. The average molecular weight is 374 g/mol. The molecule has 0 N–H and O–H groups in total. The lowest BCUT2D eigenvalue weighted by atomic mass is 9.85. The lowest BCUT2D eigenvalue weighted by Crippen LogP contribution is -2.34. The Morgan fingerprint density at radius 2 is 2.00 bits per heavy atom. The van der Waals surface area contributed by atoms with Crippen LogP contribution < -0.4 is 0 Å². The van der Waals surface area contributed by atoms with E-state index >= 15 is 0 Å². The number of carbonyl (C=O) groups excluding carboxylic acids is 3. The van der Waals surface area contributed by atoms with Gasteiger partial charge in [0.05, 0.1) is 11.8 Å². The topological polar surface area (TPSA) is 78.9 Å². The number of carbonyl (C=O) groups is 3. The zero-order valence-corrected chi connectivity index (χ0v) is 16.0. The van der Waals surface area contributed by atoms with Gasteiger partial charge in [-0.15, -0.1) is 0 Å². The Bertz CT molecular complexity index is 731. The highest BCUT2D eigenvalue weighted by Gasteiger charge is 2.46. The van der Waals surface area contributed by atoms with Crippen molar-refractivity contribution in [2.75, 3.05) is 0 Å². The van der Waals surface area contributed by atoms with Crippen molar-refractivity contribution in [2.24, 2.45) is 11.8 Å². The molecule has 27 heavy (non-hydrogen) atoms. The first-order valence-corrected chi connectivity index (χ1v) is 9.49. The summed E-state index contributed by atoms with van der Waals surface area (Å²) in [5.74, 6) is -1.94. The van der Waals surface area contributed by atoms with Crippen molar-refractivity contribution in [1.82, 2.24) is 0 Å². The van der Waals surface area contributed by atoms with Crippen molar-refractivity contribution in [3.63, 3.8) is 0 Å². The first-order valence-electron chi connectivity index (χ1n) is 9.49. The fourth-order valence-electron chi connectivity index (χ4n) is 3.91. The fourth-order valence-corrected chi connectivity index (χ4v) is 3.91. The molecule has 2 aliphatic heterocycles.